The maximum Gasteiger partial charge on any atom is 0.225 e. The molecule has 4 rings (SSSR count). The molecule has 1 fully saturated rings. The summed E-state index contributed by atoms with van der Waals surface area (Å²) in [5, 5.41) is -0.144. The SMILES string of the molecule is CCOc1ccccc1C1SCCC(=O)N1C(CC1=CC=CCC1)C1=COC=CO1. The minimum atomic E-state index is -0.243. The van der Waals surface area contributed by atoms with Crippen molar-refractivity contribution in [2.75, 3.05) is 12.4 Å². The molecule has 6 heteroatoms. The van der Waals surface area contributed by atoms with E-state index < -0.39 is 0 Å². The first kappa shape index (κ1) is 20.7. The fourth-order valence-electron chi connectivity index (χ4n) is 3.98. The van der Waals surface area contributed by atoms with Gasteiger partial charge in [-0.3, -0.25) is 4.79 Å². The van der Waals surface area contributed by atoms with E-state index in [1.807, 2.05) is 30.0 Å². The number of carbonyl (C=O) groups is 1. The van der Waals surface area contributed by atoms with Gasteiger partial charge < -0.3 is 19.1 Å². The number of amides is 1. The van der Waals surface area contributed by atoms with Crippen molar-refractivity contribution in [3.05, 3.63) is 78.2 Å². The highest BCUT2D eigenvalue weighted by Crippen LogP contribution is 2.44. The van der Waals surface area contributed by atoms with Crippen LogP contribution in [0.15, 0.2) is 72.6 Å². The maximum atomic E-state index is 13.3. The Balaban J connectivity index is 1.72. The van der Waals surface area contributed by atoms with Gasteiger partial charge in [-0.25, -0.2) is 0 Å². The third kappa shape index (κ3) is 4.59. The summed E-state index contributed by atoms with van der Waals surface area (Å²) in [4.78, 5) is 15.2. The first-order valence-electron chi connectivity index (χ1n) is 10.4. The summed E-state index contributed by atoms with van der Waals surface area (Å²) in [6.07, 6.45) is 14.3. The van der Waals surface area contributed by atoms with Crippen molar-refractivity contribution in [2.24, 2.45) is 0 Å². The number of benzene rings is 1. The third-order valence-corrected chi connectivity index (χ3v) is 6.60. The van der Waals surface area contributed by atoms with Crippen molar-refractivity contribution in [3.8, 4) is 5.75 Å². The number of thioether (sulfide) groups is 1. The van der Waals surface area contributed by atoms with Gasteiger partial charge in [-0.1, -0.05) is 42.0 Å². The van der Waals surface area contributed by atoms with Gasteiger partial charge in [-0.05, 0) is 32.3 Å². The zero-order valence-electron chi connectivity index (χ0n) is 17.2. The molecule has 5 nitrogen and oxygen atoms in total. The molecule has 3 aliphatic rings. The fraction of sp³-hybridized carbons (Fsp3) is 0.375. The second-order valence-corrected chi connectivity index (χ2v) is 8.49. The number of ether oxygens (including phenoxy) is 3. The quantitative estimate of drug-likeness (QED) is 0.582. The summed E-state index contributed by atoms with van der Waals surface area (Å²) in [5.41, 5.74) is 2.33. The monoisotopic (exact) mass is 425 g/mol. The van der Waals surface area contributed by atoms with E-state index in [-0.39, 0.29) is 17.3 Å². The van der Waals surface area contributed by atoms with E-state index in [0.717, 1.165) is 29.9 Å². The predicted molar refractivity (Wildman–Crippen MR) is 119 cm³/mol. The Labute approximate surface area is 182 Å². The Hall–Kier alpha value is -2.60. The van der Waals surface area contributed by atoms with Gasteiger partial charge in [0.1, 0.15) is 29.9 Å². The summed E-state index contributed by atoms with van der Waals surface area (Å²) >= 11 is 1.77. The highest BCUT2D eigenvalue weighted by molar-refractivity contribution is 7.99. The van der Waals surface area contributed by atoms with E-state index in [9.17, 15) is 4.79 Å². The Morgan fingerprint density at radius 2 is 2.17 bits per heavy atom. The lowest BCUT2D eigenvalue weighted by molar-refractivity contribution is -0.134. The van der Waals surface area contributed by atoms with Crippen LogP contribution in [0.1, 0.15) is 43.5 Å². The summed E-state index contributed by atoms with van der Waals surface area (Å²) < 4.78 is 17.1. The second kappa shape index (κ2) is 9.94. The smallest absolute Gasteiger partial charge is 0.225 e. The van der Waals surface area contributed by atoms with Gasteiger partial charge in [0, 0.05) is 17.7 Å². The van der Waals surface area contributed by atoms with Crippen LogP contribution in [0.25, 0.3) is 0 Å². The van der Waals surface area contributed by atoms with Crippen LogP contribution in [-0.4, -0.2) is 29.2 Å². The number of allylic oxidation sites excluding steroid dienone is 3. The standard InChI is InChI=1S/C24H27NO4S/c1-2-28-21-11-7-6-10-19(21)24-25(23(26)12-15-30-24)20(22-17-27-13-14-29-22)16-18-8-4-3-5-9-18/h3-4,6-8,10-11,13-14,17,20,24H,2,5,9,12,15-16H2,1H3. The van der Waals surface area contributed by atoms with Gasteiger partial charge in [-0.2, -0.15) is 0 Å². The molecule has 1 amide bonds. The van der Waals surface area contributed by atoms with E-state index in [4.69, 9.17) is 14.2 Å². The largest absolute Gasteiger partial charge is 0.493 e. The molecule has 2 atom stereocenters. The van der Waals surface area contributed by atoms with Gasteiger partial charge in [-0.15, -0.1) is 11.8 Å². The lowest BCUT2D eigenvalue weighted by Gasteiger charge is -2.42. The topological polar surface area (TPSA) is 48.0 Å². The second-order valence-electron chi connectivity index (χ2n) is 7.30. The number of hydrogen-bond acceptors (Lipinski definition) is 5. The zero-order valence-corrected chi connectivity index (χ0v) is 18.0. The number of hydrogen-bond donors (Lipinski definition) is 0. The highest BCUT2D eigenvalue weighted by Gasteiger charge is 2.39. The Bertz CT molecular complexity index is 889. The number of carbonyl (C=O) groups excluding carboxylic acids is 1. The maximum absolute atomic E-state index is 13.3. The van der Waals surface area contributed by atoms with E-state index >= 15 is 0 Å². The minimum absolute atomic E-state index is 0.126. The van der Waals surface area contributed by atoms with Crippen molar-refractivity contribution in [1.82, 2.24) is 4.90 Å². The van der Waals surface area contributed by atoms with E-state index in [1.54, 1.807) is 18.0 Å². The van der Waals surface area contributed by atoms with Gasteiger partial charge in [0.2, 0.25) is 5.91 Å². The van der Waals surface area contributed by atoms with E-state index in [0.29, 0.717) is 25.2 Å². The molecule has 0 bridgehead atoms. The molecular formula is C24H27NO4S. The normalized spacial score (nSPS) is 22.0. The van der Waals surface area contributed by atoms with Crippen molar-refractivity contribution >= 4 is 17.7 Å². The molecule has 2 unspecified atom stereocenters. The lowest BCUT2D eigenvalue weighted by Crippen LogP contribution is -2.46. The molecule has 0 radical (unpaired) electrons. The van der Waals surface area contributed by atoms with Crippen molar-refractivity contribution in [3.63, 3.8) is 0 Å². The van der Waals surface area contributed by atoms with Crippen LogP contribution >= 0.6 is 11.8 Å². The Kier molecular flexibility index (Phi) is 6.84. The molecule has 1 aliphatic carbocycles. The zero-order chi connectivity index (χ0) is 20.8. The third-order valence-electron chi connectivity index (χ3n) is 5.36. The summed E-state index contributed by atoms with van der Waals surface area (Å²) in [7, 11) is 0. The average molecular weight is 426 g/mol. The highest BCUT2D eigenvalue weighted by atomic mass is 32.2. The Morgan fingerprint density at radius 3 is 2.93 bits per heavy atom. The van der Waals surface area contributed by atoms with Gasteiger partial charge in [0.25, 0.3) is 0 Å². The van der Waals surface area contributed by atoms with Crippen LogP contribution in [0.5, 0.6) is 5.75 Å². The molecule has 0 spiro atoms. The average Bonchev–Trinajstić information content (AvgIpc) is 2.80. The van der Waals surface area contributed by atoms with Crippen LogP contribution in [0.3, 0.4) is 0 Å². The van der Waals surface area contributed by atoms with Gasteiger partial charge in [0.15, 0.2) is 5.76 Å². The van der Waals surface area contributed by atoms with Crippen molar-refractivity contribution in [2.45, 2.75) is 44.0 Å². The number of para-hydroxylation sites is 1. The first-order valence-corrected chi connectivity index (χ1v) is 11.5. The van der Waals surface area contributed by atoms with Gasteiger partial charge in [0.05, 0.1) is 12.6 Å². The molecule has 1 saturated heterocycles. The van der Waals surface area contributed by atoms with Crippen LogP contribution in [0.2, 0.25) is 0 Å². The summed E-state index contributed by atoms with van der Waals surface area (Å²) in [5.74, 6) is 2.39. The first-order chi connectivity index (χ1) is 14.8. The molecular weight excluding hydrogens is 398 g/mol. The molecule has 2 aliphatic heterocycles. The van der Waals surface area contributed by atoms with Crippen molar-refractivity contribution < 1.29 is 19.0 Å². The molecule has 1 aromatic rings. The molecule has 0 N–H and O–H groups in total. The van der Waals surface area contributed by atoms with Crippen molar-refractivity contribution in [1.29, 1.82) is 0 Å². The van der Waals surface area contributed by atoms with Crippen LogP contribution in [-0.2, 0) is 14.3 Å². The Morgan fingerprint density at radius 1 is 1.27 bits per heavy atom. The molecule has 1 aromatic carbocycles. The fourth-order valence-corrected chi connectivity index (χ4v) is 5.30. The lowest BCUT2D eigenvalue weighted by atomic mass is 9.95. The number of rotatable bonds is 7. The molecule has 0 saturated carbocycles. The summed E-state index contributed by atoms with van der Waals surface area (Å²) in [6, 6.07) is 7.76. The van der Waals surface area contributed by atoms with Crippen LogP contribution in [0, 0.1) is 0 Å². The number of nitrogens with zero attached hydrogens (tertiary/aromatic N) is 1. The minimum Gasteiger partial charge on any atom is -0.493 e. The molecule has 2 heterocycles. The van der Waals surface area contributed by atoms with E-state index in [1.165, 1.54) is 18.1 Å². The molecule has 158 valence electrons. The summed E-state index contributed by atoms with van der Waals surface area (Å²) in [6.45, 7) is 2.56. The van der Waals surface area contributed by atoms with E-state index in [2.05, 4.69) is 24.3 Å². The van der Waals surface area contributed by atoms with Gasteiger partial charge >= 0.3 is 0 Å². The molecule has 0 aromatic heterocycles. The van der Waals surface area contributed by atoms with Crippen LogP contribution < -0.4 is 4.74 Å². The molecule has 30 heavy (non-hydrogen) atoms. The van der Waals surface area contributed by atoms with Crippen LogP contribution in [0.4, 0.5) is 0 Å². The predicted octanol–water partition coefficient (Wildman–Crippen LogP) is 5.44.